The standard InChI is InChI=1S/C11H16OSi/c1-2-6-11(7-3-1)10-13-9-5-4-8-12-13/h1-3,6-7,13H,4-5,8-10H2. The normalized spacial score (nSPS) is 22.9. The number of benzene rings is 1. The average Bonchev–Trinajstić information content (AvgIpc) is 2.21. The lowest BCUT2D eigenvalue weighted by Gasteiger charge is -2.20. The van der Waals surface area contributed by atoms with E-state index in [9.17, 15) is 0 Å². The highest BCUT2D eigenvalue weighted by molar-refractivity contribution is 6.51. The van der Waals surface area contributed by atoms with E-state index >= 15 is 0 Å². The molecule has 2 heteroatoms. The molecule has 0 bridgehead atoms. The zero-order chi connectivity index (χ0) is 8.93. The topological polar surface area (TPSA) is 9.23 Å². The van der Waals surface area contributed by atoms with Crippen LogP contribution in [0.2, 0.25) is 6.04 Å². The fourth-order valence-corrected chi connectivity index (χ4v) is 4.38. The zero-order valence-electron chi connectivity index (χ0n) is 7.91. The maximum absolute atomic E-state index is 5.82. The Bertz CT molecular complexity index is 242. The van der Waals surface area contributed by atoms with Crippen LogP contribution in [0.15, 0.2) is 30.3 Å². The van der Waals surface area contributed by atoms with E-state index in [0.29, 0.717) is 0 Å². The third kappa shape index (κ3) is 2.67. The molecule has 1 heterocycles. The molecule has 1 fully saturated rings. The van der Waals surface area contributed by atoms with Crippen molar-refractivity contribution in [3.63, 3.8) is 0 Å². The van der Waals surface area contributed by atoms with Gasteiger partial charge in [-0.15, -0.1) is 0 Å². The second kappa shape index (κ2) is 4.58. The molecule has 70 valence electrons. The fourth-order valence-electron chi connectivity index (χ4n) is 1.85. The highest BCUT2D eigenvalue weighted by atomic mass is 28.3. The summed E-state index contributed by atoms with van der Waals surface area (Å²) in [6.07, 6.45) is 2.67. The van der Waals surface area contributed by atoms with E-state index in [1.165, 1.54) is 30.5 Å². The molecule has 0 aliphatic carbocycles. The molecule has 0 spiro atoms. The minimum absolute atomic E-state index is 0.853. The molecular formula is C11H16OSi. The van der Waals surface area contributed by atoms with Crippen molar-refractivity contribution < 1.29 is 4.43 Å². The molecule has 0 N–H and O–H groups in total. The molecule has 1 unspecified atom stereocenters. The largest absolute Gasteiger partial charge is 0.420 e. The van der Waals surface area contributed by atoms with E-state index in [1.807, 2.05) is 0 Å². The third-order valence-corrected chi connectivity index (χ3v) is 5.27. The fraction of sp³-hybridized carbons (Fsp3) is 0.455. The summed E-state index contributed by atoms with van der Waals surface area (Å²) in [5.41, 5.74) is 1.46. The Morgan fingerprint density at radius 1 is 1.15 bits per heavy atom. The maximum atomic E-state index is 5.82. The van der Waals surface area contributed by atoms with Gasteiger partial charge in [-0.25, -0.2) is 0 Å². The van der Waals surface area contributed by atoms with Gasteiger partial charge in [-0.05, 0) is 24.1 Å². The van der Waals surface area contributed by atoms with Crippen LogP contribution in [0.3, 0.4) is 0 Å². The Kier molecular flexibility index (Phi) is 3.16. The summed E-state index contributed by atoms with van der Waals surface area (Å²) in [7, 11) is -0.853. The van der Waals surface area contributed by atoms with Crippen LogP contribution >= 0.6 is 0 Å². The smallest absolute Gasteiger partial charge is 0.181 e. The first kappa shape index (κ1) is 8.97. The van der Waals surface area contributed by atoms with Crippen LogP contribution in [0.4, 0.5) is 0 Å². The van der Waals surface area contributed by atoms with Gasteiger partial charge in [-0.3, -0.25) is 0 Å². The van der Waals surface area contributed by atoms with E-state index in [2.05, 4.69) is 30.3 Å². The van der Waals surface area contributed by atoms with Gasteiger partial charge in [0.2, 0.25) is 0 Å². The molecule has 1 aromatic rings. The quantitative estimate of drug-likeness (QED) is 0.653. The molecule has 1 aromatic carbocycles. The highest BCUT2D eigenvalue weighted by Crippen LogP contribution is 2.14. The van der Waals surface area contributed by atoms with Crippen LogP contribution < -0.4 is 0 Å². The van der Waals surface area contributed by atoms with Crippen molar-refractivity contribution in [2.24, 2.45) is 0 Å². The predicted molar refractivity (Wildman–Crippen MR) is 57.3 cm³/mol. The lowest BCUT2D eigenvalue weighted by Crippen LogP contribution is -2.26. The minimum Gasteiger partial charge on any atom is -0.420 e. The van der Waals surface area contributed by atoms with Crippen molar-refractivity contribution >= 4 is 9.04 Å². The SMILES string of the molecule is c1ccc(C[SiH]2CCCCO2)cc1. The van der Waals surface area contributed by atoms with E-state index in [1.54, 1.807) is 0 Å². The minimum atomic E-state index is -0.853. The molecule has 1 nitrogen and oxygen atoms in total. The van der Waals surface area contributed by atoms with Gasteiger partial charge in [0.1, 0.15) is 0 Å². The van der Waals surface area contributed by atoms with Gasteiger partial charge in [0.25, 0.3) is 0 Å². The van der Waals surface area contributed by atoms with Crippen LogP contribution in [-0.4, -0.2) is 15.6 Å². The van der Waals surface area contributed by atoms with Crippen LogP contribution in [0, 0.1) is 0 Å². The lowest BCUT2D eigenvalue weighted by molar-refractivity contribution is 0.286. The van der Waals surface area contributed by atoms with Crippen LogP contribution in [0.5, 0.6) is 0 Å². The molecule has 1 atom stereocenters. The third-order valence-electron chi connectivity index (χ3n) is 2.58. The Hall–Kier alpha value is -0.603. The molecule has 0 saturated carbocycles. The van der Waals surface area contributed by atoms with Gasteiger partial charge < -0.3 is 4.43 Å². The Labute approximate surface area is 81.5 Å². The van der Waals surface area contributed by atoms with Gasteiger partial charge in [-0.2, -0.15) is 0 Å². The molecule has 1 aliphatic rings. The number of hydrogen-bond donors (Lipinski definition) is 0. The maximum Gasteiger partial charge on any atom is 0.181 e. The number of rotatable bonds is 2. The summed E-state index contributed by atoms with van der Waals surface area (Å²) < 4.78 is 5.82. The molecular weight excluding hydrogens is 176 g/mol. The van der Waals surface area contributed by atoms with Crippen molar-refractivity contribution in [1.29, 1.82) is 0 Å². The summed E-state index contributed by atoms with van der Waals surface area (Å²) in [4.78, 5) is 0. The first-order valence-corrected chi connectivity index (χ1v) is 7.21. The second-order valence-corrected chi connectivity index (χ2v) is 6.24. The van der Waals surface area contributed by atoms with E-state index in [4.69, 9.17) is 4.43 Å². The van der Waals surface area contributed by atoms with Gasteiger partial charge in [-0.1, -0.05) is 36.8 Å². The summed E-state index contributed by atoms with van der Waals surface area (Å²) in [6, 6.07) is 13.3. The molecule has 13 heavy (non-hydrogen) atoms. The summed E-state index contributed by atoms with van der Waals surface area (Å²) >= 11 is 0. The van der Waals surface area contributed by atoms with E-state index in [0.717, 1.165) is 6.61 Å². The Morgan fingerprint density at radius 3 is 2.69 bits per heavy atom. The first-order valence-electron chi connectivity index (χ1n) is 5.11. The van der Waals surface area contributed by atoms with Gasteiger partial charge >= 0.3 is 0 Å². The summed E-state index contributed by atoms with van der Waals surface area (Å²) in [6.45, 7) is 1.02. The molecule has 1 aliphatic heterocycles. The van der Waals surface area contributed by atoms with Crippen LogP contribution in [0.25, 0.3) is 0 Å². The summed E-state index contributed by atoms with van der Waals surface area (Å²) in [5, 5.41) is 0. The second-order valence-electron chi connectivity index (χ2n) is 3.68. The van der Waals surface area contributed by atoms with Crippen molar-refractivity contribution in [1.82, 2.24) is 0 Å². The monoisotopic (exact) mass is 192 g/mol. The molecule has 2 rings (SSSR count). The van der Waals surface area contributed by atoms with Crippen LogP contribution in [0.1, 0.15) is 18.4 Å². The first-order chi connectivity index (χ1) is 6.45. The molecule has 0 radical (unpaired) electrons. The Balaban J connectivity index is 1.90. The predicted octanol–water partition coefficient (Wildman–Crippen LogP) is 2.30. The average molecular weight is 192 g/mol. The Morgan fingerprint density at radius 2 is 2.00 bits per heavy atom. The van der Waals surface area contributed by atoms with Gasteiger partial charge in [0.05, 0.1) is 0 Å². The summed E-state index contributed by atoms with van der Waals surface area (Å²) in [5.74, 6) is 0. The highest BCUT2D eigenvalue weighted by Gasteiger charge is 2.15. The van der Waals surface area contributed by atoms with Gasteiger partial charge in [0, 0.05) is 6.61 Å². The van der Waals surface area contributed by atoms with Crippen LogP contribution in [-0.2, 0) is 10.5 Å². The van der Waals surface area contributed by atoms with Crippen molar-refractivity contribution in [3.8, 4) is 0 Å². The van der Waals surface area contributed by atoms with E-state index in [-0.39, 0.29) is 0 Å². The zero-order valence-corrected chi connectivity index (χ0v) is 9.06. The van der Waals surface area contributed by atoms with Gasteiger partial charge in [0.15, 0.2) is 9.04 Å². The lowest BCUT2D eigenvalue weighted by atomic mass is 10.2. The van der Waals surface area contributed by atoms with E-state index < -0.39 is 9.04 Å². The molecule has 1 saturated heterocycles. The van der Waals surface area contributed by atoms with Crippen molar-refractivity contribution in [2.45, 2.75) is 24.9 Å². The van der Waals surface area contributed by atoms with Crippen molar-refractivity contribution in [3.05, 3.63) is 35.9 Å². The molecule has 0 amide bonds. The van der Waals surface area contributed by atoms with Crippen molar-refractivity contribution in [2.75, 3.05) is 6.61 Å². The number of hydrogen-bond acceptors (Lipinski definition) is 1. The molecule has 0 aromatic heterocycles.